The molecule has 0 saturated carbocycles. The maximum atomic E-state index is 12.1. The molecule has 0 atom stereocenters. The number of carbonyl (C=O) groups is 2. The van der Waals surface area contributed by atoms with Crippen LogP contribution in [0, 0.1) is 0 Å². The molecule has 7 heteroatoms. The second kappa shape index (κ2) is 8.68. The van der Waals surface area contributed by atoms with Crippen LogP contribution in [0.4, 0.5) is 0 Å². The number of likely N-dealkylation sites (N-methyl/N-ethyl adjacent to an activating group) is 1. The van der Waals surface area contributed by atoms with E-state index in [1.807, 2.05) is 16.8 Å². The molecule has 0 aliphatic rings. The lowest BCUT2D eigenvalue weighted by Crippen LogP contribution is -2.41. The molecule has 1 rings (SSSR count). The molecule has 20 heavy (non-hydrogen) atoms. The first-order chi connectivity index (χ1) is 9.52. The highest BCUT2D eigenvalue weighted by atomic mass is 32.1. The van der Waals surface area contributed by atoms with Gasteiger partial charge in [0.15, 0.2) is 0 Å². The number of carbonyl (C=O) groups excluding carboxylic acids is 1. The van der Waals surface area contributed by atoms with Crippen LogP contribution in [-0.4, -0.2) is 67.2 Å². The van der Waals surface area contributed by atoms with Gasteiger partial charge < -0.3 is 14.7 Å². The van der Waals surface area contributed by atoms with Gasteiger partial charge in [0.25, 0.3) is 0 Å². The smallest absolute Gasteiger partial charge is 0.317 e. The van der Waals surface area contributed by atoms with Gasteiger partial charge in [-0.05, 0) is 22.4 Å². The van der Waals surface area contributed by atoms with Crippen LogP contribution in [0.15, 0.2) is 16.8 Å². The summed E-state index contributed by atoms with van der Waals surface area (Å²) in [5, 5.41) is 12.8. The van der Waals surface area contributed by atoms with Crippen LogP contribution >= 0.6 is 11.3 Å². The number of thiophene rings is 1. The number of rotatable bonds is 9. The van der Waals surface area contributed by atoms with E-state index in [9.17, 15) is 9.59 Å². The van der Waals surface area contributed by atoms with Crippen molar-refractivity contribution in [2.45, 2.75) is 6.54 Å². The van der Waals surface area contributed by atoms with Gasteiger partial charge in [-0.15, -0.1) is 0 Å². The Morgan fingerprint density at radius 2 is 2.15 bits per heavy atom. The van der Waals surface area contributed by atoms with Crippen LogP contribution < -0.4 is 0 Å². The molecule has 0 bridgehead atoms. The quantitative estimate of drug-likeness (QED) is 0.728. The number of hydrogen-bond donors (Lipinski definition) is 1. The second-order valence-electron chi connectivity index (χ2n) is 4.48. The van der Waals surface area contributed by atoms with Crippen molar-refractivity contribution in [1.82, 2.24) is 9.80 Å². The minimum atomic E-state index is -0.950. The van der Waals surface area contributed by atoms with Crippen molar-refractivity contribution in [1.29, 1.82) is 0 Å². The normalized spacial score (nSPS) is 10.8. The summed E-state index contributed by atoms with van der Waals surface area (Å²) >= 11 is 1.58. The predicted octanol–water partition coefficient (Wildman–Crippen LogP) is 0.739. The highest BCUT2D eigenvalue weighted by Crippen LogP contribution is 2.08. The van der Waals surface area contributed by atoms with Crippen LogP contribution in [0.2, 0.25) is 0 Å². The number of amides is 1. The van der Waals surface area contributed by atoms with Gasteiger partial charge in [-0.1, -0.05) is 0 Å². The van der Waals surface area contributed by atoms with Gasteiger partial charge in [-0.25, -0.2) is 0 Å². The minimum Gasteiger partial charge on any atom is -0.480 e. The van der Waals surface area contributed by atoms with Gasteiger partial charge >= 0.3 is 5.97 Å². The van der Waals surface area contributed by atoms with E-state index in [1.54, 1.807) is 35.3 Å². The third kappa shape index (κ3) is 6.14. The van der Waals surface area contributed by atoms with E-state index in [0.29, 0.717) is 19.7 Å². The zero-order chi connectivity index (χ0) is 15.0. The molecule has 0 unspecified atom stereocenters. The maximum Gasteiger partial charge on any atom is 0.317 e. The lowest BCUT2D eigenvalue weighted by molar-refractivity contribution is -0.139. The highest BCUT2D eigenvalue weighted by molar-refractivity contribution is 7.07. The molecule has 1 aromatic heterocycles. The lowest BCUT2D eigenvalue weighted by atomic mass is 10.3. The number of hydrogen-bond acceptors (Lipinski definition) is 5. The van der Waals surface area contributed by atoms with Crippen molar-refractivity contribution in [3.05, 3.63) is 22.4 Å². The van der Waals surface area contributed by atoms with E-state index in [-0.39, 0.29) is 19.0 Å². The Balaban J connectivity index is 2.48. The number of nitrogens with zero attached hydrogens (tertiary/aromatic N) is 2. The van der Waals surface area contributed by atoms with Gasteiger partial charge in [-0.3, -0.25) is 14.5 Å². The van der Waals surface area contributed by atoms with E-state index in [0.717, 1.165) is 5.56 Å². The molecule has 1 aromatic rings. The van der Waals surface area contributed by atoms with Gasteiger partial charge in [0.2, 0.25) is 5.91 Å². The van der Waals surface area contributed by atoms with Crippen LogP contribution in [-0.2, 0) is 20.9 Å². The molecule has 0 saturated heterocycles. The fourth-order valence-electron chi connectivity index (χ4n) is 1.68. The topological polar surface area (TPSA) is 70.1 Å². The molecule has 0 spiro atoms. The predicted molar refractivity (Wildman–Crippen MR) is 76.7 cm³/mol. The molecule has 1 heterocycles. The lowest BCUT2D eigenvalue weighted by Gasteiger charge is -2.23. The summed E-state index contributed by atoms with van der Waals surface area (Å²) in [5.74, 6) is -1.05. The summed E-state index contributed by atoms with van der Waals surface area (Å²) in [4.78, 5) is 26.0. The Labute approximate surface area is 122 Å². The molecule has 6 nitrogen and oxygen atoms in total. The van der Waals surface area contributed by atoms with E-state index < -0.39 is 5.97 Å². The van der Waals surface area contributed by atoms with Crippen molar-refractivity contribution in [3.63, 3.8) is 0 Å². The van der Waals surface area contributed by atoms with Crippen LogP contribution in [0.5, 0.6) is 0 Å². The first-order valence-corrected chi connectivity index (χ1v) is 7.15. The first kappa shape index (κ1) is 16.6. The first-order valence-electron chi connectivity index (χ1n) is 6.21. The number of methoxy groups -OCH3 is 1. The summed E-state index contributed by atoms with van der Waals surface area (Å²) in [5.41, 5.74) is 1.08. The van der Waals surface area contributed by atoms with Crippen molar-refractivity contribution in [2.24, 2.45) is 0 Å². The second-order valence-corrected chi connectivity index (χ2v) is 5.26. The summed E-state index contributed by atoms with van der Waals surface area (Å²) in [6, 6.07) is 1.97. The monoisotopic (exact) mass is 300 g/mol. The zero-order valence-corrected chi connectivity index (χ0v) is 12.6. The number of carboxylic acids is 1. The number of ether oxygens (including phenoxy) is 1. The molecule has 1 amide bonds. The molecule has 0 aliphatic carbocycles. The number of carboxylic acid groups (broad SMARTS) is 1. The SMILES string of the molecule is COCCN(CC(=O)O)CC(=O)N(C)Cc1ccsc1. The molecular weight excluding hydrogens is 280 g/mol. The fraction of sp³-hybridized carbons (Fsp3) is 0.538. The van der Waals surface area contributed by atoms with E-state index in [2.05, 4.69) is 0 Å². The van der Waals surface area contributed by atoms with Gasteiger partial charge in [0, 0.05) is 27.2 Å². The van der Waals surface area contributed by atoms with Crippen molar-refractivity contribution in [3.8, 4) is 0 Å². The van der Waals surface area contributed by atoms with E-state index in [1.165, 1.54) is 0 Å². The largest absolute Gasteiger partial charge is 0.480 e. The van der Waals surface area contributed by atoms with Crippen LogP contribution in [0.3, 0.4) is 0 Å². The molecule has 0 fully saturated rings. The average Bonchev–Trinajstić information content (AvgIpc) is 2.87. The molecule has 112 valence electrons. The van der Waals surface area contributed by atoms with E-state index in [4.69, 9.17) is 9.84 Å². The zero-order valence-electron chi connectivity index (χ0n) is 11.7. The molecule has 0 aliphatic heterocycles. The Hall–Kier alpha value is -1.44. The third-order valence-electron chi connectivity index (χ3n) is 2.75. The fourth-order valence-corrected chi connectivity index (χ4v) is 2.34. The molecule has 0 aromatic carbocycles. The van der Waals surface area contributed by atoms with Crippen molar-refractivity contribution < 1.29 is 19.4 Å². The van der Waals surface area contributed by atoms with Crippen LogP contribution in [0.25, 0.3) is 0 Å². The average molecular weight is 300 g/mol. The summed E-state index contributed by atoms with van der Waals surface area (Å²) in [6.45, 7) is 1.26. The summed E-state index contributed by atoms with van der Waals surface area (Å²) in [7, 11) is 3.26. The maximum absolute atomic E-state index is 12.1. The Morgan fingerprint density at radius 3 is 2.70 bits per heavy atom. The van der Waals surface area contributed by atoms with Gasteiger partial charge in [-0.2, -0.15) is 11.3 Å². The Morgan fingerprint density at radius 1 is 1.40 bits per heavy atom. The highest BCUT2D eigenvalue weighted by Gasteiger charge is 2.17. The Bertz CT molecular complexity index is 422. The van der Waals surface area contributed by atoms with Crippen molar-refractivity contribution >= 4 is 23.2 Å². The van der Waals surface area contributed by atoms with Gasteiger partial charge in [0.05, 0.1) is 19.7 Å². The van der Waals surface area contributed by atoms with Gasteiger partial charge in [0.1, 0.15) is 0 Å². The Kier molecular flexibility index (Phi) is 7.21. The minimum absolute atomic E-state index is 0.0797. The molecule has 0 radical (unpaired) electrons. The summed E-state index contributed by atoms with van der Waals surface area (Å²) < 4.78 is 4.92. The standard InChI is InChI=1S/C13H20N2O4S/c1-14(7-11-3-6-20-10-11)12(16)8-15(4-5-19-2)9-13(17)18/h3,6,10H,4-5,7-9H2,1-2H3,(H,17,18). The van der Waals surface area contributed by atoms with Crippen LogP contribution in [0.1, 0.15) is 5.56 Å². The van der Waals surface area contributed by atoms with Crippen molar-refractivity contribution in [2.75, 3.05) is 40.4 Å². The third-order valence-corrected chi connectivity index (χ3v) is 3.49. The van der Waals surface area contributed by atoms with E-state index >= 15 is 0 Å². The molecule has 1 N–H and O–H groups in total. The molecular formula is C13H20N2O4S. The summed E-state index contributed by atoms with van der Waals surface area (Å²) in [6.07, 6.45) is 0. The number of aliphatic carboxylic acids is 1.